The maximum absolute atomic E-state index is 13.4. The molecule has 0 heterocycles. The van der Waals surface area contributed by atoms with Gasteiger partial charge in [0.2, 0.25) is 0 Å². The van der Waals surface area contributed by atoms with E-state index >= 15 is 0 Å². The molecule has 0 aromatic heterocycles. The highest BCUT2D eigenvalue weighted by atomic mass is 19.1. The zero-order valence-electron chi connectivity index (χ0n) is 18.7. The molecule has 1 atom stereocenters. The fourth-order valence-corrected chi connectivity index (χ4v) is 3.95. The van der Waals surface area contributed by atoms with Crippen LogP contribution in [0.3, 0.4) is 0 Å². The second-order valence-electron chi connectivity index (χ2n) is 8.17. The number of benzene rings is 2. The first kappa shape index (κ1) is 23.9. The fourth-order valence-electron chi connectivity index (χ4n) is 3.95. The van der Waals surface area contributed by atoms with Crippen LogP contribution in [-0.2, 0) is 13.0 Å². The number of aliphatic hydroxyl groups is 1. The highest BCUT2D eigenvalue weighted by Gasteiger charge is 2.19. The van der Waals surface area contributed by atoms with Gasteiger partial charge in [0.25, 0.3) is 0 Å². The van der Waals surface area contributed by atoms with Crippen molar-refractivity contribution in [3.63, 3.8) is 0 Å². The molecule has 0 fully saturated rings. The molecule has 30 heavy (non-hydrogen) atoms. The summed E-state index contributed by atoms with van der Waals surface area (Å²) in [6, 6.07) is 17.3. The van der Waals surface area contributed by atoms with Gasteiger partial charge in [-0.15, -0.1) is 6.58 Å². The van der Waals surface area contributed by atoms with E-state index in [1.54, 1.807) is 6.08 Å². The third-order valence-electron chi connectivity index (χ3n) is 5.39. The third kappa shape index (κ3) is 7.46. The Bertz CT molecular complexity index is 795. The van der Waals surface area contributed by atoms with Crippen LogP contribution in [0.25, 0.3) is 0 Å². The number of allylic oxidation sites excluding steroid dienone is 2. The number of hydrogen-bond acceptors (Lipinski definition) is 2. The molecule has 0 aliphatic carbocycles. The van der Waals surface area contributed by atoms with Crippen LogP contribution < -0.4 is 0 Å². The predicted molar refractivity (Wildman–Crippen MR) is 125 cm³/mol. The number of halogens is 1. The van der Waals surface area contributed by atoms with E-state index in [2.05, 4.69) is 56.5 Å². The van der Waals surface area contributed by atoms with Crippen molar-refractivity contribution in [3.8, 4) is 0 Å². The normalized spacial score (nSPS) is 13.1. The lowest BCUT2D eigenvalue weighted by molar-refractivity contribution is 0.147. The van der Waals surface area contributed by atoms with E-state index in [-0.39, 0.29) is 5.82 Å². The molecule has 2 aromatic carbocycles. The standard InChI is InChI=1S/C27H36FNO/c1-5-10-26(30)17-18-29(20-23-13-15-25(28)16-14-23)27(21(3)4)24(6-2)19-22-11-8-7-9-12-22/h5,7-9,11-16,21,26,30H,1,6,10,17-20H2,2-4H3/b27-24-/t26-/m0/s1. The lowest BCUT2D eigenvalue weighted by Crippen LogP contribution is -2.30. The van der Waals surface area contributed by atoms with Gasteiger partial charge in [0.15, 0.2) is 0 Å². The third-order valence-corrected chi connectivity index (χ3v) is 5.39. The van der Waals surface area contributed by atoms with Gasteiger partial charge in [0, 0.05) is 18.8 Å². The van der Waals surface area contributed by atoms with Crippen molar-refractivity contribution in [2.24, 2.45) is 5.92 Å². The summed E-state index contributed by atoms with van der Waals surface area (Å²) in [7, 11) is 0. The highest BCUT2D eigenvalue weighted by Crippen LogP contribution is 2.27. The lowest BCUT2D eigenvalue weighted by Gasteiger charge is -2.33. The highest BCUT2D eigenvalue weighted by molar-refractivity contribution is 5.27. The van der Waals surface area contributed by atoms with E-state index in [0.29, 0.717) is 25.3 Å². The molecule has 3 heteroatoms. The quantitative estimate of drug-likeness (QED) is 0.404. The average Bonchev–Trinajstić information content (AvgIpc) is 2.73. The first-order valence-corrected chi connectivity index (χ1v) is 11.0. The summed E-state index contributed by atoms with van der Waals surface area (Å²) in [6.07, 6.45) is 4.52. The van der Waals surface area contributed by atoms with Crippen molar-refractivity contribution in [2.75, 3.05) is 6.54 Å². The van der Waals surface area contributed by atoms with Gasteiger partial charge in [-0.1, -0.05) is 69.3 Å². The van der Waals surface area contributed by atoms with E-state index in [0.717, 1.165) is 24.9 Å². The first-order valence-electron chi connectivity index (χ1n) is 11.0. The number of hydrogen-bond donors (Lipinski definition) is 1. The molecule has 0 bridgehead atoms. The van der Waals surface area contributed by atoms with Gasteiger partial charge in [0.1, 0.15) is 5.82 Å². The number of rotatable bonds is 12. The van der Waals surface area contributed by atoms with E-state index in [1.807, 2.05) is 18.2 Å². The Morgan fingerprint density at radius 1 is 1.07 bits per heavy atom. The molecule has 0 saturated carbocycles. The van der Waals surface area contributed by atoms with Gasteiger partial charge < -0.3 is 10.0 Å². The van der Waals surface area contributed by atoms with Gasteiger partial charge >= 0.3 is 0 Å². The van der Waals surface area contributed by atoms with Crippen LogP contribution in [0.1, 0.15) is 51.2 Å². The lowest BCUT2D eigenvalue weighted by atomic mass is 9.94. The predicted octanol–water partition coefficient (Wildman–Crippen LogP) is 6.52. The van der Waals surface area contributed by atoms with Crippen LogP contribution >= 0.6 is 0 Å². The minimum Gasteiger partial charge on any atom is -0.393 e. The SMILES string of the molecule is C=CC[C@H](O)CCN(Cc1ccc(F)cc1)/C(=C(/CC)Cc1ccccc1)C(C)C. The molecule has 0 amide bonds. The van der Waals surface area contributed by atoms with E-state index in [4.69, 9.17) is 0 Å². The maximum Gasteiger partial charge on any atom is 0.123 e. The summed E-state index contributed by atoms with van der Waals surface area (Å²) in [5.41, 5.74) is 5.12. The molecule has 162 valence electrons. The molecule has 2 aromatic rings. The summed E-state index contributed by atoms with van der Waals surface area (Å²) in [6.45, 7) is 11.9. The van der Waals surface area contributed by atoms with Crippen LogP contribution in [0.5, 0.6) is 0 Å². The first-order chi connectivity index (χ1) is 14.4. The molecular formula is C27H36FNO. The van der Waals surface area contributed by atoms with Gasteiger partial charge in [-0.25, -0.2) is 4.39 Å². The monoisotopic (exact) mass is 409 g/mol. The van der Waals surface area contributed by atoms with Crippen LogP contribution in [0.2, 0.25) is 0 Å². The largest absolute Gasteiger partial charge is 0.393 e. The smallest absolute Gasteiger partial charge is 0.123 e. The summed E-state index contributed by atoms with van der Waals surface area (Å²) in [5, 5.41) is 10.3. The maximum atomic E-state index is 13.4. The van der Waals surface area contributed by atoms with Crippen LogP contribution in [0.4, 0.5) is 4.39 Å². The molecular weight excluding hydrogens is 373 g/mol. The Hall–Kier alpha value is -2.39. The minimum absolute atomic E-state index is 0.218. The molecule has 0 unspecified atom stereocenters. The zero-order chi connectivity index (χ0) is 21.9. The second kappa shape index (κ2) is 12.3. The average molecular weight is 410 g/mol. The Labute approximate surface area is 181 Å². The van der Waals surface area contributed by atoms with Crippen molar-refractivity contribution in [1.29, 1.82) is 0 Å². The zero-order valence-corrected chi connectivity index (χ0v) is 18.7. The molecule has 0 aliphatic heterocycles. The number of aliphatic hydroxyl groups excluding tert-OH is 1. The van der Waals surface area contributed by atoms with Crippen molar-refractivity contribution in [2.45, 2.75) is 59.1 Å². The Balaban J connectivity index is 2.37. The van der Waals surface area contributed by atoms with E-state index < -0.39 is 6.10 Å². The Morgan fingerprint density at radius 3 is 2.30 bits per heavy atom. The van der Waals surface area contributed by atoms with E-state index in [1.165, 1.54) is 29.0 Å². The van der Waals surface area contributed by atoms with Crippen LogP contribution in [0.15, 0.2) is 78.5 Å². The Kier molecular flexibility index (Phi) is 9.82. The van der Waals surface area contributed by atoms with E-state index in [9.17, 15) is 9.50 Å². The van der Waals surface area contributed by atoms with Gasteiger partial charge in [0.05, 0.1) is 6.10 Å². The summed E-state index contributed by atoms with van der Waals surface area (Å²) < 4.78 is 13.4. The van der Waals surface area contributed by atoms with Gasteiger partial charge in [-0.3, -0.25) is 0 Å². The molecule has 0 aliphatic rings. The summed E-state index contributed by atoms with van der Waals surface area (Å²) in [4.78, 5) is 2.38. The van der Waals surface area contributed by atoms with Crippen molar-refractivity contribution in [3.05, 3.63) is 95.5 Å². The number of nitrogens with zero attached hydrogens (tertiary/aromatic N) is 1. The molecule has 0 saturated heterocycles. The molecule has 0 spiro atoms. The fraction of sp³-hybridized carbons (Fsp3) is 0.407. The van der Waals surface area contributed by atoms with Crippen LogP contribution in [-0.4, -0.2) is 22.7 Å². The van der Waals surface area contributed by atoms with Crippen molar-refractivity contribution >= 4 is 0 Å². The summed E-state index contributed by atoms with van der Waals surface area (Å²) in [5.74, 6) is 0.130. The molecule has 0 radical (unpaired) electrons. The van der Waals surface area contributed by atoms with Gasteiger partial charge in [-0.05, 0) is 60.4 Å². The van der Waals surface area contributed by atoms with Crippen molar-refractivity contribution in [1.82, 2.24) is 4.90 Å². The van der Waals surface area contributed by atoms with Gasteiger partial charge in [-0.2, -0.15) is 0 Å². The minimum atomic E-state index is -0.397. The molecule has 2 nitrogen and oxygen atoms in total. The second-order valence-corrected chi connectivity index (χ2v) is 8.17. The molecule has 2 rings (SSSR count). The molecule has 1 N–H and O–H groups in total. The van der Waals surface area contributed by atoms with Crippen molar-refractivity contribution < 1.29 is 9.50 Å². The topological polar surface area (TPSA) is 23.5 Å². The Morgan fingerprint density at radius 2 is 1.73 bits per heavy atom. The summed E-state index contributed by atoms with van der Waals surface area (Å²) >= 11 is 0. The van der Waals surface area contributed by atoms with Crippen LogP contribution in [0, 0.1) is 11.7 Å².